The van der Waals surface area contributed by atoms with Crippen molar-refractivity contribution in [3.05, 3.63) is 11.6 Å². The second kappa shape index (κ2) is 6.55. The van der Waals surface area contributed by atoms with Crippen LogP contribution < -0.4 is 0 Å². The predicted octanol–water partition coefficient (Wildman–Crippen LogP) is 3.07. The van der Waals surface area contributed by atoms with Gasteiger partial charge in [-0.15, -0.1) is 12.4 Å². The summed E-state index contributed by atoms with van der Waals surface area (Å²) < 4.78 is 0. The van der Waals surface area contributed by atoms with Crippen LogP contribution in [0.15, 0.2) is 11.6 Å². The molecule has 2 rings (SSSR count). The van der Waals surface area contributed by atoms with E-state index in [1.165, 1.54) is 25.9 Å². The Hall–Kier alpha value is -0.340. The molecule has 1 heterocycles. The molecule has 0 spiro atoms. The lowest BCUT2D eigenvalue weighted by Gasteiger charge is -2.18. The first kappa shape index (κ1) is 14.7. The van der Waals surface area contributed by atoms with Crippen LogP contribution in [-0.4, -0.2) is 30.3 Å². The van der Waals surface area contributed by atoms with Crippen LogP contribution in [0.25, 0.3) is 0 Å². The van der Waals surface area contributed by atoms with E-state index in [1.54, 1.807) is 0 Å². The molecule has 0 radical (unpaired) electrons. The summed E-state index contributed by atoms with van der Waals surface area (Å²) in [4.78, 5) is 14.6. The van der Waals surface area contributed by atoms with Gasteiger partial charge in [-0.1, -0.05) is 19.9 Å². The maximum Gasteiger partial charge on any atom is 0.162 e. The van der Waals surface area contributed by atoms with Gasteiger partial charge in [0.15, 0.2) is 5.78 Å². The first-order valence-electron chi connectivity index (χ1n) is 6.64. The number of hydrogen-bond acceptors (Lipinski definition) is 2. The highest BCUT2D eigenvalue weighted by Gasteiger charge is 2.31. The van der Waals surface area contributed by atoms with Gasteiger partial charge in [-0.3, -0.25) is 4.79 Å². The van der Waals surface area contributed by atoms with Crippen LogP contribution in [0.2, 0.25) is 0 Å². The average Bonchev–Trinajstić information content (AvgIpc) is 2.82. The zero-order valence-electron chi connectivity index (χ0n) is 10.9. The molecule has 1 saturated heterocycles. The quantitative estimate of drug-likeness (QED) is 0.725. The smallest absolute Gasteiger partial charge is 0.162 e. The van der Waals surface area contributed by atoms with Crippen molar-refractivity contribution in [1.82, 2.24) is 4.90 Å². The van der Waals surface area contributed by atoms with Gasteiger partial charge in [0.25, 0.3) is 0 Å². The molecule has 0 aromatic rings. The van der Waals surface area contributed by atoms with Crippen molar-refractivity contribution in [2.75, 3.05) is 19.6 Å². The normalized spacial score (nSPS) is 28.1. The second-order valence-corrected chi connectivity index (χ2v) is 5.54. The number of likely N-dealkylation sites (tertiary alicyclic amines) is 1. The largest absolute Gasteiger partial charge is 0.303 e. The average molecular weight is 258 g/mol. The van der Waals surface area contributed by atoms with Gasteiger partial charge >= 0.3 is 0 Å². The highest BCUT2D eigenvalue weighted by atomic mass is 35.5. The van der Waals surface area contributed by atoms with E-state index < -0.39 is 0 Å². The summed E-state index contributed by atoms with van der Waals surface area (Å²) in [5.74, 6) is 1.23. The minimum Gasteiger partial charge on any atom is -0.303 e. The zero-order valence-corrected chi connectivity index (χ0v) is 11.8. The van der Waals surface area contributed by atoms with Gasteiger partial charge in [0.1, 0.15) is 0 Å². The van der Waals surface area contributed by atoms with Crippen molar-refractivity contribution < 1.29 is 4.79 Å². The van der Waals surface area contributed by atoms with Crippen molar-refractivity contribution in [1.29, 1.82) is 0 Å². The number of Topliss-reactive ketones (excluding diaryl/α,β-unsaturated/α-hetero) is 1. The van der Waals surface area contributed by atoms with Crippen LogP contribution >= 0.6 is 12.4 Å². The summed E-state index contributed by atoms with van der Waals surface area (Å²) >= 11 is 0. The SMILES string of the molecule is CC(C)C=C1CCC(CN2CCCC2)C1=O.Cl. The molecule has 1 aliphatic heterocycles. The fourth-order valence-corrected chi connectivity index (χ4v) is 2.87. The summed E-state index contributed by atoms with van der Waals surface area (Å²) in [6, 6.07) is 0. The van der Waals surface area contributed by atoms with E-state index in [1.807, 2.05) is 0 Å². The summed E-state index contributed by atoms with van der Waals surface area (Å²) in [5.41, 5.74) is 1.10. The number of hydrogen-bond donors (Lipinski definition) is 0. The second-order valence-electron chi connectivity index (χ2n) is 5.54. The van der Waals surface area contributed by atoms with Gasteiger partial charge in [-0.05, 0) is 50.3 Å². The Morgan fingerprint density at radius 3 is 2.59 bits per heavy atom. The topological polar surface area (TPSA) is 20.3 Å². The fourth-order valence-electron chi connectivity index (χ4n) is 2.87. The Labute approximate surface area is 111 Å². The molecule has 98 valence electrons. The standard InChI is InChI=1S/C14H23NO.ClH/c1-11(2)9-12-5-6-13(14(12)16)10-15-7-3-4-8-15;/h9,11,13H,3-8,10H2,1-2H3;1H. The Morgan fingerprint density at radius 1 is 1.35 bits per heavy atom. The van der Waals surface area contributed by atoms with E-state index in [2.05, 4.69) is 24.8 Å². The van der Waals surface area contributed by atoms with Crippen molar-refractivity contribution >= 4 is 18.2 Å². The zero-order chi connectivity index (χ0) is 11.5. The molecule has 0 amide bonds. The van der Waals surface area contributed by atoms with E-state index in [4.69, 9.17) is 0 Å². The van der Waals surface area contributed by atoms with Crippen LogP contribution in [0.1, 0.15) is 39.5 Å². The van der Waals surface area contributed by atoms with Gasteiger partial charge in [-0.25, -0.2) is 0 Å². The molecular formula is C14H24ClNO. The van der Waals surface area contributed by atoms with E-state index in [9.17, 15) is 4.79 Å². The third-order valence-electron chi connectivity index (χ3n) is 3.66. The van der Waals surface area contributed by atoms with Gasteiger partial charge in [-0.2, -0.15) is 0 Å². The minimum atomic E-state index is 0. The fraction of sp³-hybridized carbons (Fsp3) is 0.786. The molecule has 17 heavy (non-hydrogen) atoms. The maximum absolute atomic E-state index is 12.1. The molecule has 1 atom stereocenters. The first-order valence-corrected chi connectivity index (χ1v) is 6.64. The molecule has 2 fully saturated rings. The maximum atomic E-state index is 12.1. The lowest BCUT2D eigenvalue weighted by molar-refractivity contribution is -0.118. The van der Waals surface area contributed by atoms with Crippen LogP contribution in [0.3, 0.4) is 0 Å². The molecule has 3 heteroatoms. The number of ketones is 1. The summed E-state index contributed by atoms with van der Waals surface area (Å²) in [6.45, 7) is 7.70. The molecule has 1 aliphatic carbocycles. The van der Waals surface area contributed by atoms with Crippen molar-refractivity contribution in [2.24, 2.45) is 11.8 Å². The number of nitrogens with zero attached hydrogens (tertiary/aromatic N) is 1. The summed E-state index contributed by atoms with van der Waals surface area (Å²) in [7, 11) is 0. The Balaban J connectivity index is 0.00000144. The lowest BCUT2D eigenvalue weighted by Crippen LogP contribution is -2.28. The lowest BCUT2D eigenvalue weighted by atomic mass is 10.0. The van der Waals surface area contributed by atoms with Gasteiger partial charge < -0.3 is 4.90 Å². The minimum absolute atomic E-state index is 0. The first-order chi connectivity index (χ1) is 7.66. The van der Waals surface area contributed by atoms with Crippen LogP contribution in [0.4, 0.5) is 0 Å². The van der Waals surface area contributed by atoms with E-state index >= 15 is 0 Å². The number of rotatable bonds is 3. The van der Waals surface area contributed by atoms with Gasteiger partial charge in [0.2, 0.25) is 0 Å². The third-order valence-corrected chi connectivity index (χ3v) is 3.66. The molecular weight excluding hydrogens is 234 g/mol. The highest BCUT2D eigenvalue weighted by Crippen LogP contribution is 2.29. The molecule has 0 bridgehead atoms. The monoisotopic (exact) mass is 257 g/mol. The Morgan fingerprint density at radius 2 is 2.00 bits per heavy atom. The number of carbonyl (C=O) groups excluding carboxylic acids is 1. The summed E-state index contributed by atoms with van der Waals surface area (Å²) in [5, 5.41) is 0. The summed E-state index contributed by atoms with van der Waals surface area (Å²) in [6.07, 6.45) is 6.88. The molecule has 1 unspecified atom stereocenters. The van der Waals surface area contributed by atoms with Crippen molar-refractivity contribution in [3.8, 4) is 0 Å². The van der Waals surface area contributed by atoms with Crippen LogP contribution in [0.5, 0.6) is 0 Å². The molecule has 1 saturated carbocycles. The third kappa shape index (κ3) is 3.82. The molecule has 2 aliphatic rings. The van der Waals surface area contributed by atoms with E-state index in [-0.39, 0.29) is 12.4 Å². The molecule has 0 aromatic carbocycles. The van der Waals surface area contributed by atoms with E-state index in [0.29, 0.717) is 17.6 Å². The van der Waals surface area contributed by atoms with E-state index in [0.717, 1.165) is 25.0 Å². The molecule has 0 N–H and O–H groups in total. The highest BCUT2D eigenvalue weighted by molar-refractivity contribution is 5.99. The number of carbonyl (C=O) groups is 1. The van der Waals surface area contributed by atoms with Crippen LogP contribution in [0, 0.1) is 11.8 Å². The van der Waals surface area contributed by atoms with Gasteiger partial charge in [0, 0.05) is 12.5 Å². The van der Waals surface area contributed by atoms with Crippen LogP contribution in [-0.2, 0) is 4.79 Å². The molecule has 2 nitrogen and oxygen atoms in total. The Kier molecular flexibility index (Phi) is 5.68. The van der Waals surface area contributed by atoms with Gasteiger partial charge in [0.05, 0.1) is 0 Å². The van der Waals surface area contributed by atoms with Crippen molar-refractivity contribution in [2.45, 2.75) is 39.5 Å². The Bertz CT molecular complexity index is 293. The number of allylic oxidation sites excluding steroid dienone is 2. The predicted molar refractivity (Wildman–Crippen MR) is 73.6 cm³/mol. The molecule has 0 aromatic heterocycles. The van der Waals surface area contributed by atoms with Crippen molar-refractivity contribution in [3.63, 3.8) is 0 Å². The number of halogens is 1.